The zero-order valence-electron chi connectivity index (χ0n) is 18.0. The number of nitrogens with one attached hydrogen (secondary N) is 3. The second-order valence-corrected chi connectivity index (χ2v) is 8.11. The number of halogens is 1. The van der Waals surface area contributed by atoms with E-state index in [2.05, 4.69) is 16.0 Å². The van der Waals surface area contributed by atoms with Crippen LogP contribution in [-0.4, -0.2) is 30.8 Å². The minimum atomic E-state index is -0.297. The van der Waals surface area contributed by atoms with Crippen molar-refractivity contribution in [3.8, 4) is 0 Å². The SMILES string of the molecule is CC(=O)N1CCc2cc(NC(=O)CNc3ccccc3C(=O)Nc3ccc(Cl)cc3)ccc21. The van der Waals surface area contributed by atoms with Crippen molar-refractivity contribution < 1.29 is 14.4 Å². The number of fused-ring (bicyclic) bond motifs is 1. The normalized spacial score (nSPS) is 12.1. The molecule has 4 rings (SSSR count). The Morgan fingerprint density at radius 1 is 0.939 bits per heavy atom. The molecule has 1 heterocycles. The molecule has 0 fully saturated rings. The number of carbonyl (C=O) groups is 3. The highest BCUT2D eigenvalue weighted by Crippen LogP contribution is 2.30. The van der Waals surface area contributed by atoms with Crippen molar-refractivity contribution >= 4 is 52.1 Å². The first-order valence-corrected chi connectivity index (χ1v) is 10.9. The van der Waals surface area contributed by atoms with Crippen LogP contribution in [0.15, 0.2) is 66.7 Å². The summed E-state index contributed by atoms with van der Waals surface area (Å²) in [4.78, 5) is 38.7. The number of nitrogens with zero attached hydrogens (tertiary/aromatic N) is 1. The van der Waals surface area contributed by atoms with Gasteiger partial charge in [0.15, 0.2) is 0 Å². The average molecular weight is 463 g/mol. The molecule has 168 valence electrons. The summed E-state index contributed by atoms with van der Waals surface area (Å²) >= 11 is 5.89. The van der Waals surface area contributed by atoms with Crippen LogP contribution in [0.1, 0.15) is 22.8 Å². The molecule has 0 spiro atoms. The molecule has 0 aromatic heterocycles. The zero-order chi connectivity index (χ0) is 23.4. The molecule has 0 aliphatic carbocycles. The van der Waals surface area contributed by atoms with Crippen LogP contribution in [0.5, 0.6) is 0 Å². The van der Waals surface area contributed by atoms with Gasteiger partial charge in [-0.15, -0.1) is 0 Å². The molecule has 0 bridgehead atoms. The molecule has 0 saturated heterocycles. The van der Waals surface area contributed by atoms with Gasteiger partial charge in [0.25, 0.3) is 5.91 Å². The quantitative estimate of drug-likeness (QED) is 0.501. The van der Waals surface area contributed by atoms with Gasteiger partial charge in [-0.25, -0.2) is 0 Å². The zero-order valence-corrected chi connectivity index (χ0v) is 18.8. The third-order valence-corrected chi connectivity index (χ3v) is 5.60. The first-order valence-electron chi connectivity index (χ1n) is 10.5. The van der Waals surface area contributed by atoms with Crippen LogP contribution in [0.4, 0.5) is 22.7 Å². The summed E-state index contributed by atoms with van der Waals surface area (Å²) in [6.07, 6.45) is 0.757. The molecule has 0 unspecified atom stereocenters. The summed E-state index contributed by atoms with van der Waals surface area (Å²) < 4.78 is 0. The highest BCUT2D eigenvalue weighted by molar-refractivity contribution is 6.30. The summed E-state index contributed by atoms with van der Waals surface area (Å²) in [7, 11) is 0. The molecule has 3 aromatic carbocycles. The van der Waals surface area contributed by atoms with Crippen molar-refractivity contribution in [1.29, 1.82) is 0 Å². The summed E-state index contributed by atoms with van der Waals surface area (Å²) in [6, 6.07) is 19.3. The topological polar surface area (TPSA) is 90.5 Å². The summed E-state index contributed by atoms with van der Waals surface area (Å²) in [5, 5.41) is 9.30. The lowest BCUT2D eigenvalue weighted by Crippen LogP contribution is -2.25. The summed E-state index contributed by atoms with van der Waals surface area (Å²) in [5.41, 5.74) is 4.17. The van der Waals surface area contributed by atoms with Crippen molar-refractivity contribution in [3.63, 3.8) is 0 Å². The van der Waals surface area contributed by atoms with Gasteiger partial charge in [0.1, 0.15) is 0 Å². The number of hydrogen-bond donors (Lipinski definition) is 3. The Kier molecular flexibility index (Phi) is 6.60. The number of rotatable bonds is 6. The van der Waals surface area contributed by atoms with Crippen LogP contribution < -0.4 is 20.9 Å². The maximum atomic E-state index is 12.7. The van der Waals surface area contributed by atoms with Crippen LogP contribution in [0.2, 0.25) is 5.02 Å². The molecule has 0 radical (unpaired) electrons. The fourth-order valence-corrected chi connectivity index (χ4v) is 3.88. The molecule has 33 heavy (non-hydrogen) atoms. The van der Waals surface area contributed by atoms with E-state index in [-0.39, 0.29) is 24.3 Å². The number of benzene rings is 3. The maximum absolute atomic E-state index is 12.7. The molecule has 0 saturated carbocycles. The van der Waals surface area contributed by atoms with E-state index >= 15 is 0 Å². The second-order valence-electron chi connectivity index (χ2n) is 7.67. The van der Waals surface area contributed by atoms with Gasteiger partial charge in [-0.3, -0.25) is 14.4 Å². The molecule has 8 heteroatoms. The van der Waals surface area contributed by atoms with E-state index in [1.165, 1.54) is 0 Å². The van der Waals surface area contributed by atoms with E-state index in [4.69, 9.17) is 11.6 Å². The third kappa shape index (κ3) is 5.32. The van der Waals surface area contributed by atoms with Crippen molar-refractivity contribution in [1.82, 2.24) is 0 Å². The molecule has 1 aliphatic heterocycles. The van der Waals surface area contributed by atoms with Crippen LogP contribution in [0, 0.1) is 0 Å². The number of hydrogen-bond acceptors (Lipinski definition) is 4. The average Bonchev–Trinajstić information content (AvgIpc) is 3.23. The predicted molar refractivity (Wildman–Crippen MR) is 131 cm³/mol. The lowest BCUT2D eigenvalue weighted by atomic mass is 10.1. The van der Waals surface area contributed by atoms with Gasteiger partial charge in [-0.2, -0.15) is 0 Å². The highest BCUT2D eigenvalue weighted by Gasteiger charge is 2.22. The molecule has 3 amide bonds. The van der Waals surface area contributed by atoms with Gasteiger partial charge < -0.3 is 20.9 Å². The van der Waals surface area contributed by atoms with E-state index < -0.39 is 0 Å². The van der Waals surface area contributed by atoms with Crippen LogP contribution in [0.3, 0.4) is 0 Å². The Bertz CT molecular complexity index is 1210. The Morgan fingerprint density at radius 3 is 2.42 bits per heavy atom. The largest absolute Gasteiger partial charge is 0.376 e. The van der Waals surface area contributed by atoms with Crippen LogP contribution >= 0.6 is 11.6 Å². The Balaban J connectivity index is 1.38. The highest BCUT2D eigenvalue weighted by atomic mass is 35.5. The minimum Gasteiger partial charge on any atom is -0.376 e. The predicted octanol–water partition coefficient (Wildman–Crippen LogP) is 4.55. The van der Waals surface area contributed by atoms with E-state index in [9.17, 15) is 14.4 Å². The molecule has 3 aromatic rings. The van der Waals surface area contributed by atoms with E-state index in [1.54, 1.807) is 66.4 Å². The van der Waals surface area contributed by atoms with E-state index in [0.717, 1.165) is 17.7 Å². The standard InChI is InChI=1S/C25H23ClN4O3/c1-16(31)30-13-12-17-14-20(10-11-23(17)30)28-24(32)15-27-22-5-3-2-4-21(22)25(33)29-19-8-6-18(26)7-9-19/h2-11,14,27H,12-13,15H2,1H3,(H,28,32)(H,29,33). The molecule has 7 nitrogen and oxygen atoms in total. The molecule has 3 N–H and O–H groups in total. The van der Waals surface area contributed by atoms with Crippen LogP contribution in [0.25, 0.3) is 0 Å². The van der Waals surface area contributed by atoms with Gasteiger partial charge >= 0.3 is 0 Å². The Labute approximate surface area is 196 Å². The number of para-hydroxylation sites is 1. The van der Waals surface area contributed by atoms with E-state index in [1.807, 2.05) is 12.1 Å². The lowest BCUT2D eigenvalue weighted by molar-refractivity contribution is -0.116. The monoisotopic (exact) mass is 462 g/mol. The summed E-state index contributed by atoms with van der Waals surface area (Å²) in [5.74, 6) is -0.535. The van der Waals surface area contributed by atoms with Crippen molar-refractivity contribution in [2.24, 2.45) is 0 Å². The first-order chi connectivity index (χ1) is 15.9. The van der Waals surface area contributed by atoms with Gasteiger partial charge in [-0.1, -0.05) is 23.7 Å². The van der Waals surface area contributed by atoms with Crippen molar-refractivity contribution in [3.05, 3.63) is 82.9 Å². The first kappa shape index (κ1) is 22.4. The van der Waals surface area contributed by atoms with Gasteiger partial charge in [0, 0.05) is 41.2 Å². The van der Waals surface area contributed by atoms with E-state index in [0.29, 0.717) is 34.2 Å². The molecule has 1 aliphatic rings. The Morgan fingerprint density at radius 2 is 1.67 bits per heavy atom. The third-order valence-electron chi connectivity index (χ3n) is 5.35. The fraction of sp³-hybridized carbons (Fsp3) is 0.160. The van der Waals surface area contributed by atoms with Crippen LogP contribution in [-0.2, 0) is 16.0 Å². The number of amides is 3. The number of carbonyl (C=O) groups excluding carboxylic acids is 3. The van der Waals surface area contributed by atoms with Crippen molar-refractivity contribution in [2.75, 3.05) is 33.9 Å². The second kappa shape index (κ2) is 9.75. The van der Waals surface area contributed by atoms with Gasteiger partial charge in [0.05, 0.1) is 12.1 Å². The van der Waals surface area contributed by atoms with Gasteiger partial charge in [-0.05, 0) is 66.6 Å². The molecular formula is C25H23ClN4O3. The van der Waals surface area contributed by atoms with Crippen molar-refractivity contribution in [2.45, 2.75) is 13.3 Å². The molecular weight excluding hydrogens is 440 g/mol. The Hall–Kier alpha value is -3.84. The smallest absolute Gasteiger partial charge is 0.257 e. The summed E-state index contributed by atoms with van der Waals surface area (Å²) in [6.45, 7) is 2.18. The lowest BCUT2D eigenvalue weighted by Gasteiger charge is -2.15. The molecule has 0 atom stereocenters. The van der Waals surface area contributed by atoms with Gasteiger partial charge in [0.2, 0.25) is 11.8 Å². The maximum Gasteiger partial charge on any atom is 0.257 e. The number of anilines is 4. The minimum absolute atomic E-state index is 0.00787. The fourth-order valence-electron chi connectivity index (χ4n) is 3.75.